The number of carbonyl (C=O) groups excluding carboxylic acids is 3. The average molecular weight is 582 g/mol. The summed E-state index contributed by atoms with van der Waals surface area (Å²) >= 11 is 1.69. The number of aliphatic hydroxyl groups excluding tert-OH is 1. The van der Waals surface area contributed by atoms with Gasteiger partial charge in [-0.25, -0.2) is 0 Å². The molecule has 0 saturated carbocycles. The van der Waals surface area contributed by atoms with Gasteiger partial charge in [0.1, 0.15) is 6.04 Å². The number of hydrogen-bond acceptors (Lipinski definition) is 5. The normalized spacial score (nSPS) is 29.0. The fraction of sp³-hybridized carbons (Fsp3) is 0.606. The number of amides is 3. The molecule has 8 heteroatoms. The fourth-order valence-electron chi connectivity index (χ4n) is 7.53. The third-order valence-corrected chi connectivity index (χ3v) is 11.2. The van der Waals surface area contributed by atoms with E-state index in [1.54, 1.807) is 33.7 Å². The molecule has 224 valence electrons. The van der Waals surface area contributed by atoms with E-state index in [1.807, 2.05) is 42.2 Å². The molecule has 0 aromatic heterocycles. The Bertz CT molecular complexity index is 1130. The van der Waals surface area contributed by atoms with Crippen molar-refractivity contribution in [1.29, 1.82) is 0 Å². The quantitative estimate of drug-likeness (QED) is 0.330. The number of aliphatic hydroxyl groups is 1. The first-order valence-corrected chi connectivity index (χ1v) is 16.0. The zero-order valence-corrected chi connectivity index (χ0v) is 25.9. The molecule has 3 fully saturated rings. The molecule has 3 amide bonds. The van der Waals surface area contributed by atoms with Crippen LogP contribution in [0.3, 0.4) is 0 Å². The van der Waals surface area contributed by atoms with Gasteiger partial charge < -0.3 is 19.8 Å². The van der Waals surface area contributed by atoms with E-state index in [9.17, 15) is 19.5 Å². The zero-order valence-electron chi connectivity index (χ0n) is 25.1. The molecule has 0 aliphatic carbocycles. The van der Waals surface area contributed by atoms with Crippen LogP contribution in [0.1, 0.15) is 52.5 Å². The van der Waals surface area contributed by atoms with E-state index in [0.29, 0.717) is 32.6 Å². The molecule has 1 aromatic rings. The van der Waals surface area contributed by atoms with Crippen LogP contribution in [0.5, 0.6) is 0 Å². The Balaban J connectivity index is 1.81. The van der Waals surface area contributed by atoms with Crippen LogP contribution in [0.15, 0.2) is 55.6 Å². The van der Waals surface area contributed by atoms with Crippen LogP contribution in [-0.4, -0.2) is 85.8 Å². The van der Waals surface area contributed by atoms with Crippen molar-refractivity contribution >= 4 is 29.5 Å². The van der Waals surface area contributed by atoms with Crippen LogP contribution >= 0.6 is 11.8 Å². The molecule has 3 unspecified atom stereocenters. The predicted octanol–water partition coefficient (Wildman–Crippen LogP) is 4.37. The number of likely N-dealkylation sites (tertiary alicyclic amines) is 1. The van der Waals surface area contributed by atoms with Crippen molar-refractivity contribution in [2.24, 2.45) is 23.7 Å². The van der Waals surface area contributed by atoms with E-state index < -0.39 is 28.7 Å². The van der Waals surface area contributed by atoms with Crippen molar-refractivity contribution in [2.45, 2.75) is 75.6 Å². The van der Waals surface area contributed by atoms with Gasteiger partial charge in [0.25, 0.3) is 0 Å². The van der Waals surface area contributed by atoms with E-state index in [2.05, 4.69) is 33.9 Å². The Morgan fingerprint density at radius 3 is 2.39 bits per heavy atom. The summed E-state index contributed by atoms with van der Waals surface area (Å²) in [6.45, 7) is 17.6. The molecule has 7 nitrogen and oxygen atoms in total. The third-order valence-electron chi connectivity index (χ3n) is 9.08. The highest BCUT2D eigenvalue weighted by molar-refractivity contribution is 8.02. The SMILES string of the molecule is C=CCN(Cc1ccccc1)C(=O)C1N([C@@H](CO)CC(C)C)C(=O)[C@@H]2[C@H](C(=O)N(CC=C)CCC)[C@@H]3CC(C)C12S3. The zero-order chi connectivity index (χ0) is 29.9. The molecule has 1 N–H and O–H groups in total. The van der Waals surface area contributed by atoms with Crippen molar-refractivity contribution in [3.8, 4) is 0 Å². The maximum absolute atomic E-state index is 14.8. The van der Waals surface area contributed by atoms with E-state index in [1.165, 1.54) is 0 Å². The average Bonchev–Trinajstić information content (AvgIpc) is 3.54. The Morgan fingerprint density at radius 2 is 1.80 bits per heavy atom. The van der Waals surface area contributed by atoms with E-state index in [4.69, 9.17) is 0 Å². The van der Waals surface area contributed by atoms with Gasteiger partial charge in [-0.2, -0.15) is 0 Å². The summed E-state index contributed by atoms with van der Waals surface area (Å²) in [5.74, 6) is -1.11. The lowest BCUT2D eigenvalue weighted by atomic mass is 9.65. The lowest BCUT2D eigenvalue weighted by Gasteiger charge is -2.42. The summed E-state index contributed by atoms with van der Waals surface area (Å²) in [5.41, 5.74) is 0.998. The summed E-state index contributed by atoms with van der Waals surface area (Å²) in [4.78, 5) is 48.8. The molecule has 3 heterocycles. The van der Waals surface area contributed by atoms with Crippen LogP contribution in [0.2, 0.25) is 0 Å². The molecule has 3 aliphatic rings. The van der Waals surface area contributed by atoms with Gasteiger partial charge in [0.15, 0.2) is 0 Å². The second-order valence-corrected chi connectivity index (χ2v) is 13.9. The molecule has 4 rings (SSSR count). The number of nitrogens with zero attached hydrogens (tertiary/aromatic N) is 3. The standard InChI is InChI=1S/C33H47N3O4S/c1-7-15-34(16-8-2)30(38)27-26-19-23(6)33(41-26)28(27)31(39)36(25(21-37)18-22(4)5)29(33)32(40)35(17-9-3)20-24-13-11-10-12-14-24/h7,9-14,22-23,25-29,37H,1,3,8,15-21H2,2,4-6H3/t23?,25-,26+,27-,28+,29?,33?/m1/s1. The second-order valence-electron chi connectivity index (χ2n) is 12.3. The number of carbonyl (C=O) groups is 3. The molecular weight excluding hydrogens is 534 g/mol. The summed E-state index contributed by atoms with van der Waals surface area (Å²) in [7, 11) is 0. The van der Waals surface area contributed by atoms with E-state index >= 15 is 0 Å². The summed E-state index contributed by atoms with van der Waals surface area (Å²) in [6, 6.07) is 8.58. The minimum atomic E-state index is -0.763. The smallest absolute Gasteiger partial charge is 0.247 e. The number of thioether (sulfide) groups is 1. The molecule has 1 spiro atoms. The molecular formula is C33H47N3O4S. The van der Waals surface area contributed by atoms with Crippen molar-refractivity contribution in [3.05, 3.63) is 61.2 Å². The molecule has 3 saturated heterocycles. The number of hydrogen-bond donors (Lipinski definition) is 1. The number of benzene rings is 1. The highest BCUT2D eigenvalue weighted by Gasteiger charge is 2.77. The maximum Gasteiger partial charge on any atom is 0.247 e. The largest absolute Gasteiger partial charge is 0.394 e. The number of rotatable bonds is 14. The Kier molecular flexibility index (Phi) is 10.1. The van der Waals surface area contributed by atoms with E-state index in [0.717, 1.165) is 18.4 Å². The third kappa shape index (κ3) is 5.62. The Labute approximate surface area is 250 Å². The Hall–Kier alpha value is -2.58. The topological polar surface area (TPSA) is 81.2 Å². The fourth-order valence-corrected chi connectivity index (χ4v) is 9.92. The first-order valence-electron chi connectivity index (χ1n) is 15.1. The van der Waals surface area contributed by atoms with Crippen LogP contribution in [0, 0.1) is 23.7 Å². The molecule has 7 atom stereocenters. The van der Waals surface area contributed by atoms with Crippen LogP contribution in [0.25, 0.3) is 0 Å². The maximum atomic E-state index is 14.8. The van der Waals surface area contributed by atoms with Gasteiger partial charge in [-0.3, -0.25) is 14.4 Å². The van der Waals surface area contributed by atoms with Gasteiger partial charge in [-0.15, -0.1) is 24.9 Å². The first kappa shape index (κ1) is 31.4. The van der Waals surface area contributed by atoms with Gasteiger partial charge in [0.2, 0.25) is 17.7 Å². The van der Waals surface area contributed by atoms with Gasteiger partial charge in [0, 0.05) is 31.4 Å². The summed E-state index contributed by atoms with van der Waals surface area (Å²) in [5, 5.41) is 10.6. The minimum Gasteiger partial charge on any atom is -0.394 e. The monoisotopic (exact) mass is 581 g/mol. The molecule has 1 aromatic carbocycles. The van der Waals surface area contributed by atoms with Crippen molar-refractivity contribution < 1.29 is 19.5 Å². The van der Waals surface area contributed by atoms with Crippen LogP contribution in [-0.2, 0) is 20.9 Å². The highest BCUT2D eigenvalue weighted by Crippen LogP contribution is 2.69. The van der Waals surface area contributed by atoms with Crippen molar-refractivity contribution in [3.63, 3.8) is 0 Å². The van der Waals surface area contributed by atoms with Crippen molar-refractivity contribution in [1.82, 2.24) is 14.7 Å². The second kappa shape index (κ2) is 13.2. The van der Waals surface area contributed by atoms with Gasteiger partial charge in [-0.05, 0) is 36.7 Å². The molecule has 41 heavy (non-hydrogen) atoms. The highest BCUT2D eigenvalue weighted by atomic mass is 32.2. The van der Waals surface area contributed by atoms with Crippen LogP contribution in [0.4, 0.5) is 0 Å². The van der Waals surface area contributed by atoms with Gasteiger partial charge >= 0.3 is 0 Å². The van der Waals surface area contributed by atoms with Crippen LogP contribution < -0.4 is 0 Å². The molecule has 2 bridgehead atoms. The minimum absolute atomic E-state index is 0.0129. The number of fused-ring (bicyclic) bond motifs is 1. The lowest BCUT2D eigenvalue weighted by molar-refractivity contribution is -0.147. The summed E-state index contributed by atoms with van der Waals surface area (Å²) in [6.07, 6.45) is 5.64. The Morgan fingerprint density at radius 1 is 1.15 bits per heavy atom. The molecule has 3 aliphatic heterocycles. The molecule has 0 radical (unpaired) electrons. The summed E-state index contributed by atoms with van der Waals surface area (Å²) < 4.78 is -0.730. The van der Waals surface area contributed by atoms with E-state index in [-0.39, 0.29) is 41.4 Å². The first-order chi connectivity index (χ1) is 19.7. The predicted molar refractivity (Wildman–Crippen MR) is 165 cm³/mol. The van der Waals surface area contributed by atoms with Gasteiger partial charge in [-0.1, -0.05) is 70.2 Å². The van der Waals surface area contributed by atoms with Gasteiger partial charge in [0.05, 0.1) is 29.2 Å². The van der Waals surface area contributed by atoms with Crippen molar-refractivity contribution in [2.75, 3.05) is 26.2 Å². The lowest BCUT2D eigenvalue weighted by Crippen LogP contribution is -2.59.